The maximum Gasteiger partial charge on any atom is 0.252 e. The summed E-state index contributed by atoms with van der Waals surface area (Å²) >= 11 is 5.32. The van der Waals surface area contributed by atoms with Crippen LogP contribution in [0.15, 0.2) is 28.7 Å². The molecule has 1 aliphatic rings. The maximum absolute atomic E-state index is 12.2. The number of amides is 1. The van der Waals surface area contributed by atoms with Gasteiger partial charge in [0.1, 0.15) is 0 Å². The molecule has 0 radical (unpaired) electrons. The molecule has 0 fully saturated rings. The number of rotatable bonds is 3. The molecule has 2 nitrogen and oxygen atoms in total. The molecule has 1 aromatic heterocycles. The number of hydrogen-bond donors (Lipinski definition) is 1. The number of hydrogen-bond acceptors (Lipinski definition) is 2. The van der Waals surface area contributed by atoms with Gasteiger partial charge >= 0.3 is 0 Å². The van der Waals surface area contributed by atoms with Gasteiger partial charge in [0.25, 0.3) is 5.91 Å². The van der Waals surface area contributed by atoms with Crippen LogP contribution in [0.25, 0.3) is 0 Å². The molecule has 0 atom stereocenters. The monoisotopic (exact) mass is 349 g/mol. The molecule has 0 bridgehead atoms. The molecule has 1 N–H and O–H groups in total. The second-order valence-electron chi connectivity index (χ2n) is 5.13. The Labute approximate surface area is 131 Å². The molecule has 0 saturated carbocycles. The summed E-state index contributed by atoms with van der Waals surface area (Å²) < 4.78 is 0.881. The van der Waals surface area contributed by atoms with Crippen LogP contribution >= 0.6 is 27.3 Å². The van der Waals surface area contributed by atoms with Crippen molar-refractivity contribution in [2.75, 3.05) is 0 Å². The second kappa shape index (κ2) is 5.70. The van der Waals surface area contributed by atoms with Gasteiger partial charge < -0.3 is 5.32 Å². The van der Waals surface area contributed by atoms with E-state index in [2.05, 4.69) is 27.3 Å². The predicted octanol–water partition coefficient (Wildman–Crippen LogP) is 4.24. The molecule has 1 amide bonds. The molecule has 104 valence electrons. The van der Waals surface area contributed by atoms with Gasteiger partial charge in [0.15, 0.2) is 0 Å². The smallest absolute Gasteiger partial charge is 0.252 e. The molecule has 0 spiro atoms. The van der Waals surface area contributed by atoms with Gasteiger partial charge in [-0.3, -0.25) is 4.79 Å². The van der Waals surface area contributed by atoms with Crippen molar-refractivity contribution in [3.8, 4) is 0 Å². The Morgan fingerprint density at radius 2 is 2.25 bits per heavy atom. The van der Waals surface area contributed by atoms with Crippen LogP contribution in [-0.2, 0) is 19.4 Å². The van der Waals surface area contributed by atoms with Gasteiger partial charge in [0.2, 0.25) is 0 Å². The zero-order valence-corrected chi connectivity index (χ0v) is 13.7. The van der Waals surface area contributed by atoms with Crippen LogP contribution in [0.5, 0.6) is 0 Å². The van der Waals surface area contributed by atoms with Gasteiger partial charge in [-0.05, 0) is 65.4 Å². The van der Waals surface area contributed by atoms with Crippen LogP contribution in [0, 0.1) is 6.92 Å². The summed E-state index contributed by atoms with van der Waals surface area (Å²) in [7, 11) is 0. The Morgan fingerprint density at radius 3 is 3.05 bits per heavy atom. The van der Waals surface area contributed by atoms with Crippen LogP contribution in [0.3, 0.4) is 0 Å². The number of carbonyl (C=O) groups is 1. The largest absolute Gasteiger partial charge is 0.347 e. The Balaban J connectivity index is 1.68. The Hall–Kier alpha value is -1.13. The van der Waals surface area contributed by atoms with Crippen LogP contribution in [-0.4, -0.2) is 5.91 Å². The van der Waals surface area contributed by atoms with Crippen molar-refractivity contribution < 1.29 is 4.79 Å². The number of benzene rings is 1. The van der Waals surface area contributed by atoms with Crippen LogP contribution < -0.4 is 5.32 Å². The Kier molecular flexibility index (Phi) is 3.94. The summed E-state index contributed by atoms with van der Waals surface area (Å²) in [5.74, 6) is -0.0193. The average Bonchev–Trinajstić information content (AvgIpc) is 3.00. The summed E-state index contributed by atoms with van der Waals surface area (Å²) in [6, 6.07) is 8.00. The summed E-state index contributed by atoms with van der Waals surface area (Å²) in [5.41, 5.74) is 3.26. The molecule has 3 rings (SSSR count). The lowest BCUT2D eigenvalue weighted by Crippen LogP contribution is -2.22. The number of aryl methyl sites for hydroxylation is 3. The van der Waals surface area contributed by atoms with Crippen molar-refractivity contribution in [2.24, 2.45) is 0 Å². The van der Waals surface area contributed by atoms with E-state index in [1.165, 1.54) is 34.6 Å². The van der Waals surface area contributed by atoms with Crippen LogP contribution in [0.4, 0.5) is 0 Å². The van der Waals surface area contributed by atoms with Gasteiger partial charge in [-0.15, -0.1) is 11.3 Å². The Bertz CT molecular complexity index is 641. The van der Waals surface area contributed by atoms with Crippen molar-refractivity contribution in [3.63, 3.8) is 0 Å². The molecular formula is C16H16BrNOS. The minimum absolute atomic E-state index is 0.0193. The minimum Gasteiger partial charge on any atom is -0.347 e. The normalized spacial score (nSPS) is 13.3. The van der Waals surface area contributed by atoms with Crippen LogP contribution in [0.1, 0.15) is 37.7 Å². The average molecular weight is 350 g/mol. The van der Waals surface area contributed by atoms with Crippen molar-refractivity contribution in [3.05, 3.63) is 55.2 Å². The topological polar surface area (TPSA) is 29.1 Å². The fourth-order valence-electron chi connectivity index (χ4n) is 2.56. The lowest BCUT2D eigenvalue weighted by Gasteiger charge is -2.07. The number of halogens is 1. The SMILES string of the molecule is Cc1cccc(C(=O)NCc2cc3c(s2)CCC3)c1Br. The first-order valence-corrected chi connectivity index (χ1v) is 8.40. The van der Waals surface area contributed by atoms with E-state index in [1.807, 2.05) is 36.5 Å². The first-order valence-electron chi connectivity index (χ1n) is 6.79. The van der Waals surface area contributed by atoms with E-state index in [0.29, 0.717) is 12.1 Å². The third-order valence-corrected chi connectivity index (χ3v) is 5.95. The summed E-state index contributed by atoms with van der Waals surface area (Å²) in [4.78, 5) is 15.0. The van der Waals surface area contributed by atoms with E-state index in [1.54, 1.807) is 0 Å². The fraction of sp³-hybridized carbons (Fsp3) is 0.312. The van der Waals surface area contributed by atoms with E-state index in [0.717, 1.165) is 10.0 Å². The van der Waals surface area contributed by atoms with E-state index >= 15 is 0 Å². The summed E-state index contributed by atoms with van der Waals surface area (Å²) in [6.07, 6.45) is 3.69. The van der Waals surface area contributed by atoms with E-state index in [-0.39, 0.29) is 5.91 Å². The van der Waals surface area contributed by atoms with Crippen LogP contribution in [0.2, 0.25) is 0 Å². The fourth-order valence-corrected chi connectivity index (χ4v) is 4.21. The lowest BCUT2D eigenvalue weighted by atomic mass is 10.1. The summed E-state index contributed by atoms with van der Waals surface area (Å²) in [5, 5.41) is 3.01. The molecule has 0 aliphatic heterocycles. The highest BCUT2D eigenvalue weighted by atomic mass is 79.9. The number of thiophene rings is 1. The highest BCUT2D eigenvalue weighted by Gasteiger charge is 2.16. The molecule has 20 heavy (non-hydrogen) atoms. The van der Waals surface area contributed by atoms with Crippen molar-refractivity contribution in [1.82, 2.24) is 5.32 Å². The van der Waals surface area contributed by atoms with E-state index in [9.17, 15) is 4.79 Å². The van der Waals surface area contributed by atoms with Crippen molar-refractivity contribution >= 4 is 33.2 Å². The standard InChI is InChI=1S/C16H16BrNOS/c1-10-4-2-6-13(15(10)17)16(19)18-9-12-8-11-5-3-7-14(11)20-12/h2,4,6,8H,3,5,7,9H2,1H3,(H,18,19). The van der Waals surface area contributed by atoms with Gasteiger partial charge in [-0.2, -0.15) is 0 Å². The first-order chi connectivity index (χ1) is 9.65. The quantitative estimate of drug-likeness (QED) is 0.882. The molecule has 1 aromatic carbocycles. The van der Waals surface area contributed by atoms with Crippen molar-refractivity contribution in [1.29, 1.82) is 0 Å². The van der Waals surface area contributed by atoms with E-state index < -0.39 is 0 Å². The number of nitrogens with one attached hydrogen (secondary N) is 1. The van der Waals surface area contributed by atoms with Gasteiger partial charge in [0, 0.05) is 14.2 Å². The third kappa shape index (κ3) is 2.67. The molecule has 1 aliphatic carbocycles. The number of fused-ring (bicyclic) bond motifs is 1. The molecule has 4 heteroatoms. The first kappa shape index (κ1) is 13.8. The van der Waals surface area contributed by atoms with Crippen molar-refractivity contribution in [2.45, 2.75) is 32.7 Å². The Morgan fingerprint density at radius 1 is 1.40 bits per heavy atom. The molecule has 0 saturated heterocycles. The summed E-state index contributed by atoms with van der Waals surface area (Å²) in [6.45, 7) is 2.61. The molecule has 1 heterocycles. The predicted molar refractivity (Wildman–Crippen MR) is 86.4 cm³/mol. The minimum atomic E-state index is -0.0193. The highest BCUT2D eigenvalue weighted by molar-refractivity contribution is 9.10. The van der Waals surface area contributed by atoms with Gasteiger partial charge in [-0.1, -0.05) is 12.1 Å². The van der Waals surface area contributed by atoms with E-state index in [4.69, 9.17) is 0 Å². The maximum atomic E-state index is 12.2. The second-order valence-corrected chi connectivity index (χ2v) is 7.15. The molecule has 2 aromatic rings. The number of carbonyl (C=O) groups excluding carboxylic acids is 1. The third-order valence-electron chi connectivity index (χ3n) is 3.66. The van der Waals surface area contributed by atoms with Gasteiger partial charge in [0.05, 0.1) is 12.1 Å². The molecule has 0 unspecified atom stereocenters. The van der Waals surface area contributed by atoms with Gasteiger partial charge in [-0.25, -0.2) is 0 Å². The molecular weight excluding hydrogens is 334 g/mol. The lowest BCUT2D eigenvalue weighted by molar-refractivity contribution is 0.0950. The highest BCUT2D eigenvalue weighted by Crippen LogP contribution is 2.30. The zero-order valence-electron chi connectivity index (χ0n) is 11.3. The zero-order chi connectivity index (χ0) is 14.1.